The lowest BCUT2D eigenvalue weighted by atomic mass is 9.91. The van der Waals surface area contributed by atoms with Crippen LogP contribution in [0, 0.1) is 11.7 Å². The second-order valence-electron chi connectivity index (χ2n) is 7.79. The Hall–Kier alpha value is -1.78. The summed E-state index contributed by atoms with van der Waals surface area (Å²) < 4.78 is 24.4. The molecule has 0 aromatic heterocycles. The van der Waals surface area contributed by atoms with Gasteiger partial charge in [-0.25, -0.2) is 9.18 Å². The fourth-order valence-electron chi connectivity index (χ4n) is 3.78. The third-order valence-electron chi connectivity index (χ3n) is 4.84. The second-order valence-corrected chi connectivity index (χ2v) is 7.79. The highest BCUT2D eigenvalue weighted by molar-refractivity contribution is 5.69. The largest absolute Gasteiger partial charge is 0.493 e. The highest BCUT2D eigenvalue weighted by atomic mass is 19.1. The molecule has 1 aromatic rings. The van der Waals surface area contributed by atoms with Gasteiger partial charge in [-0.15, -0.1) is 0 Å². The predicted molar refractivity (Wildman–Crippen MR) is 89.5 cm³/mol. The van der Waals surface area contributed by atoms with Crippen molar-refractivity contribution in [3.05, 3.63) is 30.1 Å². The number of piperidine rings is 1. The number of hydrogen-bond donors (Lipinski definition) is 0. The van der Waals surface area contributed by atoms with E-state index in [2.05, 4.69) is 0 Å². The van der Waals surface area contributed by atoms with Gasteiger partial charge in [0.05, 0.1) is 6.61 Å². The molecular formula is C19H26FNO3. The Morgan fingerprint density at radius 2 is 1.83 bits per heavy atom. The Labute approximate surface area is 142 Å². The van der Waals surface area contributed by atoms with Gasteiger partial charge in [-0.3, -0.25) is 0 Å². The van der Waals surface area contributed by atoms with Crippen LogP contribution < -0.4 is 4.74 Å². The lowest BCUT2D eigenvalue weighted by Crippen LogP contribution is -2.51. The van der Waals surface area contributed by atoms with Crippen molar-refractivity contribution in [2.75, 3.05) is 6.61 Å². The molecule has 2 saturated heterocycles. The third kappa shape index (κ3) is 3.82. The van der Waals surface area contributed by atoms with Crippen LogP contribution in [0.3, 0.4) is 0 Å². The van der Waals surface area contributed by atoms with Crippen LogP contribution in [-0.4, -0.2) is 35.3 Å². The van der Waals surface area contributed by atoms with E-state index in [4.69, 9.17) is 9.47 Å². The average Bonchev–Trinajstić information content (AvgIpc) is 2.82. The van der Waals surface area contributed by atoms with Crippen LogP contribution in [0.5, 0.6) is 5.75 Å². The van der Waals surface area contributed by atoms with Gasteiger partial charge in [0, 0.05) is 18.0 Å². The third-order valence-corrected chi connectivity index (χ3v) is 4.84. The molecule has 1 amide bonds. The zero-order valence-electron chi connectivity index (χ0n) is 14.6. The minimum absolute atomic E-state index is 0.180. The molecule has 2 aliphatic rings. The summed E-state index contributed by atoms with van der Waals surface area (Å²) in [5, 5.41) is 0. The molecule has 2 fully saturated rings. The smallest absolute Gasteiger partial charge is 0.410 e. The quantitative estimate of drug-likeness (QED) is 0.823. The molecular weight excluding hydrogens is 309 g/mol. The predicted octanol–water partition coefficient (Wildman–Crippen LogP) is 4.38. The lowest BCUT2D eigenvalue weighted by Gasteiger charge is -2.40. The van der Waals surface area contributed by atoms with Gasteiger partial charge in [0.1, 0.15) is 17.2 Å². The molecule has 2 aliphatic heterocycles. The van der Waals surface area contributed by atoms with E-state index in [0.717, 1.165) is 25.7 Å². The van der Waals surface area contributed by atoms with Gasteiger partial charge in [-0.1, -0.05) is 0 Å². The fraction of sp³-hybridized carbons (Fsp3) is 0.632. The zero-order chi connectivity index (χ0) is 17.3. The standard InChI is InChI=1S/C19H26FNO3/c1-19(2,3)24-18(22)21-15-7-4-13(17(21)11-8-15)12-23-16-9-5-14(20)6-10-16/h5-6,9-10,13,15,17H,4,7-8,11-12H2,1-3H3/t13-,15?,17-/m0/s1. The van der Waals surface area contributed by atoms with Crippen molar-refractivity contribution < 1.29 is 18.7 Å². The van der Waals surface area contributed by atoms with Crippen molar-refractivity contribution in [3.8, 4) is 5.75 Å². The summed E-state index contributed by atoms with van der Waals surface area (Å²) in [7, 11) is 0. The van der Waals surface area contributed by atoms with Crippen LogP contribution in [0.15, 0.2) is 24.3 Å². The van der Waals surface area contributed by atoms with E-state index < -0.39 is 5.60 Å². The molecule has 132 valence electrons. The molecule has 2 heterocycles. The van der Waals surface area contributed by atoms with Crippen molar-refractivity contribution >= 4 is 6.09 Å². The first-order valence-electron chi connectivity index (χ1n) is 8.73. The summed E-state index contributed by atoms with van der Waals surface area (Å²) in [4.78, 5) is 14.5. The maximum atomic E-state index is 13.0. The average molecular weight is 335 g/mol. The van der Waals surface area contributed by atoms with Crippen LogP contribution in [-0.2, 0) is 4.74 Å². The van der Waals surface area contributed by atoms with Crippen molar-refractivity contribution in [1.29, 1.82) is 0 Å². The summed E-state index contributed by atoms with van der Waals surface area (Å²) in [6.07, 6.45) is 3.88. The van der Waals surface area contributed by atoms with Crippen LogP contribution >= 0.6 is 0 Å². The Kier molecular flexibility index (Phi) is 4.70. The number of fused-ring (bicyclic) bond motifs is 2. The number of hydrogen-bond acceptors (Lipinski definition) is 3. The molecule has 0 saturated carbocycles. The van der Waals surface area contributed by atoms with Crippen LogP contribution in [0.2, 0.25) is 0 Å². The minimum atomic E-state index is -0.478. The molecule has 1 unspecified atom stereocenters. The van der Waals surface area contributed by atoms with Gasteiger partial charge in [0.15, 0.2) is 0 Å². The van der Waals surface area contributed by atoms with Gasteiger partial charge in [0.25, 0.3) is 0 Å². The van der Waals surface area contributed by atoms with Gasteiger partial charge in [-0.05, 0) is 70.7 Å². The van der Waals surface area contributed by atoms with Crippen LogP contribution in [0.4, 0.5) is 9.18 Å². The highest BCUT2D eigenvalue weighted by Crippen LogP contribution is 2.40. The van der Waals surface area contributed by atoms with Gasteiger partial charge < -0.3 is 14.4 Å². The van der Waals surface area contributed by atoms with E-state index >= 15 is 0 Å². The molecule has 4 nitrogen and oxygen atoms in total. The van der Waals surface area contributed by atoms with Crippen LogP contribution in [0.25, 0.3) is 0 Å². The number of benzene rings is 1. The maximum Gasteiger partial charge on any atom is 0.410 e. The first kappa shape index (κ1) is 17.1. The van der Waals surface area contributed by atoms with E-state index in [1.165, 1.54) is 12.1 Å². The number of amides is 1. The van der Waals surface area contributed by atoms with E-state index in [-0.39, 0.29) is 18.0 Å². The van der Waals surface area contributed by atoms with Gasteiger partial charge in [-0.2, -0.15) is 0 Å². The summed E-state index contributed by atoms with van der Waals surface area (Å²) >= 11 is 0. The summed E-state index contributed by atoms with van der Waals surface area (Å²) in [6, 6.07) is 6.55. The van der Waals surface area contributed by atoms with Crippen molar-refractivity contribution in [3.63, 3.8) is 0 Å². The number of nitrogens with zero attached hydrogens (tertiary/aromatic N) is 1. The molecule has 3 atom stereocenters. The second kappa shape index (κ2) is 6.61. The molecule has 2 bridgehead atoms. The topological polar surface area (TPSA) is 38.8 Å². The number of rotatable bonds is 3. The molecule has 3 rings (SSSR count). The number of carbonyl (C=O) groups excluding carboxylic acids is 1. The van der Waals surface area contributed by atoms with Gasteiger partial charge in [0.2, 0.25) is 0 Å². The maximum absolute atomic E-state index is 13.0. The number of carbonyl (C=O) groups is 1. The van der Waals surface area contributed by atoms with E-state index in [1.807, 2.05) is 25.7 Å². The van der Waals surface area contributed by atoms with E-state index in [1.54, 1.807) is 12.1 Å². The number of ether oxygens (including phenoxy) is 2. The molecule has 1 aromatic carbocycles. The lowest BCUT2D eigenvalue weighted by molar-refractivity contribution is -0.00590. The SMILES string of the molecule is CC(C)(C)OC(=O)N1C2CC[C@@H](COc3ccc(F)cc3)[C@@H]1CC2. The first-order valence-corrected chi connectivity index (χ1v) is 8.73. The molecule has 0 radical (unpaired) electrons. The van der Waals surface area contributed by atoms with E-state index in [0.29, 0.717) is 24.3 Å². The summed E-state index contributed by atoms with van der Waals surface area (Å²) in [6.45, 7) is 6.23. The summed E-state index contributed by atoms with van der Waals surface area (Å²) in [5.41, 5.74) is -0.478. The first-order chi connectivity index (χ1) is 11.3. The highest BCUT2D eigenvalue weighted by Gasteiger charge is 2.46. The Morgan fingerprint density at radius 1 is 1.17 bits per heavy atom. The van der Waals surface area contributed by atoms with Crippen LogP contribution in [0.1, 0.15) is 46.5 Å². The molecule has 0 spiro atoms. The fourth-order valence-corrected chi connectivity index (χ4v) is 3.78. The molecule has 5 heteroatoms. The van der Waals surface area contributed by atoms with Crippen molar-refractivity contribution in [1.82, 2.24) is 4.90 Å². The zero-order valence-corrected chi connectivity index (χ0v) is 14.6. The molecule has 24 heavy (non-hydrogen) atoms. The molecule has 0 aliphatic carbocycles. The monoisotopic (exact) mass is 335 g/mol. The normalized spacial score (nSPS) is 26.3. The summed E-state index contributed by atoms with van der Waals surface area (Å²) in [5.74, 6) is 0.691. The van der Waals surface area contributed by atoms with E-state index in [9.17, 15) is 9.18 Å². The Balaban J connectivity index is 1.63. The van der Waals surface area contributed by atoms with Gasteiger partial charge >= 0.3 is 6.09 Å². The Morgan fingerprint density at radius 3 is 2.50 bits per heavy atom. The minimum Gasteiger partial charge on any atom is -0.493 e. The Bertz CT molecular complexity index is 581. The van der Waals surface area contributed by atoms with Crippen molar-refractivity contribution in [2.45, 2.75) is 64.1 Å². The number of halogens is 1. The van der Waals surface area contributed by atoms with Crippen molar-refractivity contribution in [2.24, 2.45) is 5.92 Å². The molecule has 0 N–H and O–H groups in total.